The highest BCUT2D eigenvalue weighted by molar-refractivity contribution is 5.98. The van der Waals surface area contributed by atoms with Crippen LogP contribution in [0.4, 0.5) is 0 Å². The van der Waals surface area contributed by atoms with E-state index in [0.717, 1.165) is 19.3 Å². The van der Waals surface area contributed by atoms with Crippen LogP contribution in [0.1, 0.15) is 25.7 Å². The second-order valence-corrected chi connectivity index (χ2v) is 10.4. The molecule has 1 heterocycles. The van der Waals surface area contributed by atoms with Gasteiger partial charge in [0.2, 0.25) is 0 Å². The van der Waals surface area contributed by atoms with E-state index in [1.165, 1.54) is 7.11 Å². The van der Waals surface area contributed by atoms with E-state index < -0.39 is 10.8 Å². The molecule has 9 fully saturated rings. The third-order valence-corrected chi connectivity index (χ3v) is 11.0. The van der Waals surface area contributed by atoms with E-state index in [-0.39, 0.29) is 41.7 Å². The van der Waals surface area contributed by atoms with Gasteiger partial charge in [-0.3, -0.25) is 14.4 Å². The molecule has 8 bridgehead atoms. The maximum absolute atomic E-state index is 13.6. The summed E-state index contributed by atoms with van der Waals surface area (Å²) in [4.78, 5) is 39.9. The number of esters is 2. The van der Waals surface area contributed by atoms with Gasteiger partial charge >= 0.3 is 11.9 Å². The van der Waals surface area contributed by atoms with Gasteiger partial charge in [0.1, 0.15) is 11.9 Å². The fourth-order valence-corrected chi connectivity index (χ4v) is 11.6. The van der Waals surface area contributed by atoms with Gasteiger partial charge in [-0.15, -0.1) is 0 Å². The zero-order chi connectivity index (χ0) is 17.3. The zero-order valence-electron chi connectivity index (χ0n) is 14.7. The smallest absolute Gasteiger partial charge is 0.314 e. The van der Waals surface area contributed by atoms with Crippen molar-refractivity contribution in [3.63, 3.8) is 0 Å². The predicted molar refractivity (Wildman–Crippen MR) is 85.1 cm³/mol. The van der Waals surface area contributed by atoms with Crippen LogP contribution in [-0.2, 0) is 23.9 Å². The minimum atomic E-state index is -0.749. The number of ketones is 1. The SMILES string of the molecule is COC(=O)[C@@]12[C@H]3[C@@H]4CC[C@@H]5OC(=O)[C@]16[C@@H]([C@@H]3[C@H]1[C@@H]6[C@@H]3CCC(=O)[C@@H]3[C@@H]12)[C@H]45. The molecule has 0 N–H and O–H groups in total. The van der Waals surface area contributed by atoms with E-state index >= 15 is 0 Å². The summed E-state index contributed by atoms with van der Waals surface area (Å²) in [6.45, 7) is 0. The summed E-state index contributed by atoms with van der Waals surface area (Å²) in [5.74, 6) is 3.06. The van der Waals surface area contributed by atoms with Crippen molar-refractivity contribution in [1.29, 1.82) is 0 Å². The average molecular weight is 354 g/mol. The van der Waals surface area contributed by atoms with Crippen molar-refractivity contribution >= 4 is 17.7 Å². The van der Waals surface area contributed by atoms with Crippen LogP contribution in [0.25, 0.3) is 0 Å². The number of carbonyl (C=O) groups excluding carboxylic acids is 3. The largest absolute Gasteiger partial charge is 0.469 e. The first-order valence-corrected chi connectivity index (χ1v) is 10.4. The zero-order valence-corrected chi connectivity index (χ0v) is 14.7. The lowest BCUT2D eigenvalue weighted by molar-refractivity contribution is -0.232. The van der Waals surface area contributed by atoms with Crippen molar-refractivity contribution in [2.45, 2.75) is 31.8 Å². The monoisotopic (exact) mass is 354 g/mol. The first-order chi connectivity index (χ1) is 12.6. The van der Waals surface area contributed by atoms with Crippen molar-refractivity contribution < 1.29 is 23.9 Å². The van der Waals surface area contributed by atoms with Crippen molar-refractivity contribution in [1.82, 2.24) is 0 Å². The molecule has 0 unspecified atom stereocenters. The van der Waals surface area contributed by atoms with Crippen LogP contribution in [0.15, 0.2) is 0 Å². The quantitative estimate of drug-likeness (QED) is 0.667. The van der Waals surface area contributed by atoms with Crippen molar-refractivity contribution in [3.8, 4) is 0 Å². The van der Waals surface area contributed by atoms with E-state index in [9.17, 15) is 14.4 Å². The fourth-order valence-electron chi connectivity index (χ4n) is 11.6. The van der Waals surface area contributed by atoms with Gasteiger partial charge in [-0.1, -0.05) is 0 Å². The lowest BCUT2D eigenvalue weighted by atomic mass is 9.43. The number of hydrogen-bond donors (Lipinski definition) is 0. The molecule has 26 heavy (non-hydrogen) atoms. The molecular weight excluding hydrogens is 332 g/mol. The number of methoxy groups -OCH3 is 1. The van der Waals surface area contributed by atoms with Gasteiger partial charge in [-0.25, -0.2) is 0 Å². The number of hydrogen-bond acceptors (Lipinski definition) is 5. The highest BCUT2D eigenvalue weighted by atomic mass is 16.6. The lowest BCUT2D eigenvalue weighted by Gasteiger charge is -2.60. The second-order valence-electron chi connectivity index (χ2n) is 10.4. The summed E-state index contributed by atoms with van der Waals surface area (Å²) < 4.78 is 11.5. The molecule has 136 valence electrons. The first kappa shape index (κ1) is 13.7. The van der Waals surface area contributed by atoms with E-state index in [0.29, 0.717) is 47.7 Å². The third kappa shape index (κ3) is 0.848. The fraction of sp³-hybridized carbons (Fsp3) is 0.857. The number of carbonyl (C=O) groups is 3. The van der Waals surface area contributed by atoms with Crippen LogP contribution >= 0.6 is 0 Å². The Bertz CT molecular complexity index is 849. The van der Waals surface area contributed by atoms with E-state index in [1.54, 1.807) is 0 Å². The standard InChI is InChI=1S/C21H22O5/c1-25-18(23)20-15-7-3-5-9-11(7)17-13(15)12-14(21(17,20)19(24)26-9)6-2-4-8(22)10(6)16(12)20/h6-7,9-17H,2-5H2,1H3/t6-,7-,9+,10-,11-,12+,13-,14+,15+,16+,17-,20+,21+/m1/s1. The lowest BCUT2D eigenvalue weighted by Crippen LogP contribution is -2.68. The molecule has 9 aliphatic rings. The van der Waals surface area contributed by atoms with Gasteiger partial charge in [0.25, 0.3) is 0 Å². The van der Waals surface area contributed by atoms with Crippen molar-refractivity contribution in [3.05, 3.63) is 0 Å². The van der Waals surface area contributed by atoms with Gasteiger partial charge in [0, 0.05) is 18.3 Å². The first-order valence-electron chi connectivity index (χ1n) is 10.4. The molecule has 0 aromatic rings. The topological polar surface area (TPSA) is 69.7 Å². The molecule has 1 aliphatic heterocycles. The van der Waals surface area contributed by atoms with E-state index in [4.69, 9.17) is 9.47 Å². The molecule has 8 aliphatic carbocycles. The minimum Gasteiger partial charge on any atom is -0.469 e. The summed E-state index contributed by atoms with van der Waals surface area (Å²) in [7, 11) is 1.47. The Kier molecular flexibility index (Phi) is 1.86. The van der Waals surface area contributed by atoms with Gasteiger partial charge in [-0.2, -0.15) is 0 Å². The minimum absolute atomic E-state index is 0.00616. The van der Waals surface area contributed by atoms with Crippen LogP contribution in [0.3, 0.4) is 0 Å². The molecule has 5 nitrogen and oxygen atoms in total. The Labute approximate surface area is 151 Å². The Morgan fingerprint density at radius 3 is 2.62 bits per heavy atom. The summed E-state index contributed by atoms with van der Waals surface area (Å²) in [5, 5.41) is 0. The van der Waals surface area contributed by atoms with Gasteiger partial charge in [0.15, 0.2) is 0 Å². The molecular formula is C21H22O5. The molecule has 0 aromatic carbocycles. The highest BCUT2D eigenvalue weighted by Gasteiger charge is 3.02. The molecule has 9 rings (SSSR count). The molecule has 5 heteroatoms. The average Bonchev–Trinajstić information content (AvgIpc) is 3.41. The van der Waals surface area contributed by atoms with Crippen LogP contribution < -0.4 is 0 Å². The summed E-state index contributed by atoms with van der Waals surface area (Å²) in [5.41, 5.74) is -1.40. The molecule has 13 atom stereocenters. The van der Waals surface area contributed by atoms with Crippen LogP contribution in [0.2, 0.25) is 0 Å². The second kappa shape index (κ2) is 3.51. The van der Waals surface area contributed by atoms with Crippen LogP contribution in [0.5, 0.6) is 0 Å². The molecule has 0 radical (unpaired) electrons. The highest BCUT2D eigenvalue weighted by Crippen LogP contribution is 2.98. The summed E-state index contributed by atoms with van der Waals surface area (Å²) in [6.07, 6.45) is 3.66. The molecule has 0 amide bonds. The van der Waals surface area contributed by atoms with Gasteiger partial charge < -0.3 is 9.47 Å². The van der Waals surface area contributed by atoms with E-state index in [2.05, 4.69) is 0 Å². The number of rotatable bonds is 1. The predicted octanol–water partition coefficient (Wildman–Crippen LogP) is 1.44. The van der Waals surface area contributed by atoms with Gasteiger partial charge in [-0.05, 0) is 66.6 Å². The maximum atomic E-state index is 13.6. The summed E-state index contributed by atoms with van der Waals surface area (Å²) in [6, 6.07) is 0. The molecule has 1 saturated heterocycles. The molecule has 1 spiro atoms. The van der Waals surface area contributed by atoms with Crippen LogP contribution in [0, 0.1) is 70.0 Å². The number of ether oxygens (including phenoxy) is 2. The number of fused-ring (bicyclic) bond motifs is 1. The Morgan fingerprint density at radius 2 is 1.81 bits per heavy atom. The number of Topliss-reactive ketones (excluding diaryl/α,β-unsaturated/α-hetero) is 1. The Morgan fingerprint density at radius 1 is 1.00 bits per heavy atom. The normalized spacial score (nSPS) is 68.9. The van der Waals surface area contributed by atoms with Crippen molar-refractivity contribution in [2.75, 3.05) is 7.11 Å². The molecule has 8 saturated carbocycles. The Balaban J connectivity index is 1.48. The van der Waals surface area contributed by atoms with Crippen LogP contribution in [-0.4, -0.2) is 30.9 Å². The van der Waals surface area contributed by atoms with E-state index in [1.807, 2.05) is 0 Å². The molecule has 0 aromatic heterocycles. The third-order valence-electron chi connectivity index (χ3n) is 11.0. The summed E-state index contributed by atoms with van der Waals surface area (Å²) >= 11 is 0. The van der Waals surface area contributed by atoms with Crippen molar-refractivity contribution in [2.24, 2.45) is 70.0 Å². The Hall–Kier alpha value is -1.39. The van der Waals surface area contributed by atoms with Gasteiger partial charge in [0.05, 0.1) is 17.9 Å². The maximum Gasteiger partial charge on any atom is 0.314 e.